The summed E-state index contributed by atoms with van der Waals surface area (Å²) in [6.45, 7) is 7.52. The van der Waals surface area contributed by atoms with Crippen molar-refractivity contribution in [1.82, 2.24) is 19.4 Å². The highest BCUT2D eigenvalue weighted by atomic mass is 35.5. The Morgan fingerprint density at radius 1 is 0.975 bits per heavy atom. The van der Waals surface area contributed by atoms with Gasteiger partial charge >= 0.3 is 5.97 Å². The molecule has 1 atom stereocenters. The quantitative estimate of drug-likeness (QED) is 0.360. The van der Waals surface area contributed by atoms with Crippen molar-refractivity contribution in [1.29, 1.82) is 0 Å². The molecule has 4 aliphatic heterocycles. The van der Waals surface area contributed by atoms with Gasteiger partial charge in [0.25, 0.3) is 5.56 Å². The fourth-order valence-electron chi connectivity index (χ4n) is 6.11. The molecule has 7 rings (SSSR count). The Morgan fingerprint density at radius 2 is 1.68 bits per heavy atom. The van der Waals surface area contributed by atoms with Crippen molar-refractivity contribution in [2.75, 3.05) is 46.4 Å². The third-order valence-corrected chi connectivity index (χ3v) is 8.45. The molecular weight excluding hydrogens is 559 g/mol. The highest BCUT2D eigenvalue weighted by Crippen LogP contribution is 2.43. The summed E-state index contributed by atoms with van der Waals surface area (Å²) in [5.74, 6) is 0.642. The highest BCUT2D eigenvalue weighted by molar-refractivity contribution is 5.91. The van der Waals surface area contributed by atoms with Gasteiger partial charge < -0.3 is 28.8 Å². The number of rotatable bonds is 3. The van der Waals surface area contributed by atoms with Crippen molar-refractivity contribution in [3.63, 3.8) is 0 Å². The molecule has 1 N–H and O–H groups in total. The molecule has 2 aromatic heterocycles. The molecule has 0 saturated carbocycles. The summed E-state index contributed by atoms with van der Waals surface area (Å²) in [5.41, 5.74) is 2.73. The van der Waals surface area contributed by atoms with Crippen LogP contribution in [0.25, 0.3) is 22.3 Å². The van der Waals surface area contributed by atoms with E-state index in [1.54, 1.807) is 17.6 Å². The number of ether oxygens (including phenoxy) is 3. The Labute approximate surface area is 243 Å². The monoisotopic (exact) mass is 590 g/mol. The normalized spacial score (nSPS) is 21.5. The third kappa shape index (κ3) is 4.24. The van der Waals surface area contributed by atoms with Gasteiger partial charge in [0, 0.05) is 55.3 Å². The summed E-state index contributed by atoms with van der Waals surface area (Å²) >= 11 is 0. The lowest BCUT2D eigenvalue weighted by molar-refractivity contribution is -0.172. The molecule has 1 fully saturated rings. The maximum atomic E-state index is 13.7. The molecule has 3 aromatic rings. The van der Waals surface area contributed by atoms with Gasteiger partial charge in [-0.05, 0) is 31.2 Å². The number of nitrogens with zero attached hydrogens (tertiary/aromatic N) is 4. The minimum absolute atomic E-state index is 0. The van der Waals surface area contributed by atoms with Crippen LogP contribution in [0.5, 0.6) is 11.5 Å². The Hall–Kier alpha value is -2.89. The summed E-state index contributed by atoms with van der Waals surface area (Å²) in [4.78, 5) is 36.0. The average molecular weight is 591 g/mol. The summed E-state index contributed by atoms with van der Waals surface area (Å²) in [6, 6.07) is 5.70. The smallest absolute Gasteiger partial charge is 0.343 e. The first kappa shape index (κ1) is 28.6. The summed E-state index contributed by atoms with van der Waals surface area (Å²) in [5, 5.41) is 12.2. The van der Waals surface area contributed by atoms with E-state index in [0.29, 0.717) is 53.8 Å². The Bertz CT molecular complexity index is 1570. The molecule has 214 valence electrons. The number of aromatic nitrogens is 2. The molecule has 1 aromatic carbocycles. The van der Waals surface area contributed by atoms with E-state index in [1.165, 1.54) is 0 Å². The second-order valence-electron chi connectivity index (χ2n) is 10.6. The first-order chi connectivity index (χ1) is 18.4. The van der Waals surface area contributed by atoms with E-state index in [4.69, 9.17) is 19.2 Å². The number of cyclic esters (lactones) is 1. The lowest BCUT2D eigenvalue weighted by Gasteiger charge is -2.33. The van der Waals surface area contributed by atoms with Crippen molar-refractivity contribution in [3.8, 4) is 22.9 Å². The number of hydrogen-bond acceptors (Lipinski definition) is 9. The van der Waals surface area contributed by atoms with Gasteiger partial charge in [-0.3, -0.25) is 9.69 Å². The van der Waals surface area contributed by atoms with Gasteiger partial charge in [-0.2, -0.15) is 0 Å². The zero-order valence-electron chi connectivity index (χ0n) is 22.4. The first-order valence-corrected chi connectivity index (χ1v) is 13.2. The van der Waals surface area contributed by atoms with E-state index in [0.717, 1.165) is 54.8 Å². The van der Waals surface area contributed by atoms with Crippen molar-refractivity contribution in [2.24, 2.45) is 0 Å². The van der Waals surface area contributed by atoms with Crippen molar-refractivity contribution < 1.29 is 24.1 Å². The fraction of sp³-hybridized carbons (Fsp3) is 0.464. The average Bonchev–Trinajstić information content (AvgIpc) is 3.30. The van der Waals surface area contributed by atoms with Crippen LogP contribution in [-0.4, -0.2) is 76.9 Å². The van der Waals surface area contributed by atoms with Gasteiger partial charge in [-0.25, -0.2) is 9.78 Å². The van der Waals surface area contributed by atoms with Crippen molar-refractivity contribution in [2.45, 2.75) is 38.6 Å². The van der Waals surface area contributed by atoms with Gasteiger partial charge in [0.1, 0.15) is 19.8 Å². The Kier molecular flexibility index (Phi) is 7.52. The van der Waals surface area contributed by atoms with E-state index in [1.807, 2.05) is 12.1 Å². The van der Waals surface area contributed by atoms with Crippen LogP contribution < -0.4 is 15.0 Å². The van der Waals surface area contributed by atoms with Gasteiger partial charge in [0.15, 0.2) is 17.1 Å². The van der Waals surface area contributed by atoms with Crippen LogP contribution in [0, 0.1) is 0 Å². The van der Waals surface area contributed by atoms with Crippen LogP contribution >= 0.6 is 24.8 Å². The lowest BCUT2D eigenvalue weighted by Crippen LogP contribution is -2.44. The zero-order valence-corrected chi connectivity index (χ0v) is 24.0. The fourth-order valence-corrected chi connectivity index (χ4v) is 6.11. The standard InChI is InChI=1S/C28H30N4O6.2ClH/c1-3-28(35)20-11-22-25-18(14-32(22)26(33)19(20)15-38-27(28)34)17(13-31-6-4-30(2)5-7-31)16-10-23-24(12-21(16)29-25)37-9-8-36-23;;/h10-12,35H,3-9,13-15H2,1-2H3;2*1H/t28-;;/m0../s1. The van der Waals surface area contributed by atoms with Crippen LogP contribution in [0.4, 0.5) is 0 Å². The maximum absolute atomic E-state index is 13.7. The van der Waals surface area contributed by atoms with E-state index in [9.17, 15) is 14.7 Å². The second-order valence-corrected chi connectivity index (χ2v) is 10.6. The largest absolute Gasteiger partial charge is 0.486 e. The molecule has 0 unspecified atom stereocenters. The number of halogens is 2. The molecule has 4 aliphatic rings. The number of hydrogen-bond donors (Lipinski definition) is 1. The number of pyridine rings is 2. The minimum Gasteiger partial charge on any atom is -0.486 e. The summed E-state index contributed by atoms with van der Waals surface area (Å²) in [7, 11) is 2.14. The number of benzene rings is 1. The molecule has 0 bridgehead atoms. The molecule has 10 nitrogen and oxygen atoms in total. The predicted octanol–water partition coefficient (Wildman–Crippen LogP) is 2.44. The van der Waals surface area contributed by atoms with Gasteiger partial charge in [0.2, 0.25) is 0 Å². The molecule has 40 heavy (non-hydrogen) atoms. The molecule has 1 saturated heterocycles. The molecule has 6 heterocycles. The molecule has 0 amide bonds. The van der Waals surface area contributed by atoms with Crippen LogP contribution in [0.3, 0.4) is 0 Å². The van der Waals surface area contributed by atoms with E-state index < -0.39 is 11.6 Å². The minimum atomic E-state index is -1.85. The van der Waals surface area contributed by atoms with Gasteiger partial charge in [-0.1, -0.05) is 6.92 Å². The van der Waals surface area contributed by atoms with Gasteiger partial charge in [-0.15, -0.1) is 24.8 Å². The van der Waals surface area contributed by atoms with E-state index >= 15 is 0 Å². The molecule has 0 spiro atoms. The number of likely N-dealkylation sites (N-methyl/N-ethyl adjacent to an activating group) is 1. The molecule has 12 heteroatoms. The number of fused-ring (bicyclic) bond motifs is 6. The SMILES string of the molecule is CC[C@@]1(O)C(=O)OCc2c1cc1n(c2=O)Cc2c-1nc1cc3c(cc1c2CN1CCN(C)CC1)OCCO3.Cl.Cl. The molecule has 0 radical (unpaired) electrons. The number of esters is 1. The predicted molar refractivity (Wildman–Crippen MR) is 153 cm³/mol. The Morgan fingerprint density at radius 3 is 2.38 bits per heavy atom. The number of carbonyl (C=O) groups excluding carboxylic acids is 1. The number of carbonyl (C=O) groups is 1. The zero-order chi connectivity index (χ0) is 26.2. The van der Waals surface area contributed by atoms with Crippen LogP contribution in [0.1, 0.15) is 35.6 Å². The lowest BCUT2D eigenvalue weighted by atomic mass is 9.86. The Balaban J connectivity index is 0.00000161. The number of piperazine rings is 1. The van der Waals surface area contributed by atoms with Crippen molar-refractivity contribution >= 4 is 41.7 Å². The van der Waals surface area contributed by atoms with Crippen LogP contribution in [0.15, 0.2) is 23.0 Å². The molecular formula is C28H32Cl2N4O6. The highest BCUT2D eigenvalue weighted by Gasteiger charge is 2.45. The van der Waals surface area contributed by atoms with E-state index in [-0.39, 0.29) is 43.4 Å². The van der Waals surface area contributed by atoms with Crippen LogP contribution in [-0.2, 0) is 34.8 Å². The van der Waals surface area contributed by atoms with Crippen molar-refractivity contribution in [3.05, 3.63) is 50.8 Å². The topological polar surface area (TPSA) is 106 Å². The van der Waals surface area contributed by atoms with Crippen LogP contribution in [0.2, 0.25) is 0 Å². The summed E-state index contributed by atoms with van der Waals surface area (Å²) < 4.78 is 18.7. The first-order valence-electron chi connectivity index (χ1n) is 13.2. The third-order valence-electron chi connectivity index (χ3n) is 8.45. The summed E-state index contributed by atoms with van der Waals surface area (Å²) in [6.07, 6.45) is 0.109. The second kappa shape index (κ2) is 10.5. The maximum Gasteiger partial charge on any atom is 0.343 e. The van der Waals surface area contributed by atoms with E-state index in [2.05, 4.69) is 16.8 Å². The number of aliphatic hydroxyl groups is 1. The van der Waals surface area contributed by atoms with Gasteiger partial charge in [0.05, 0.1) is 29.0 Å². The molecule has 0 aliphatic carbocycles.